The van der Waals surface area contributed by atoms with Gasteiger partial charge in [-0.1, -0.05) is 18.1 Å². The van der Waals surface area contributed by atoms with Gasteiger partial charge in [0.1, 0.15) is 11.7 Å². The Kier molecular flexibility index (Phi) is 3.70. The minimum atomic E-state index is -0.355. The summed E-state index contributed by atoms with van der Waals surface area (Å²) in [5.41, 5.74) is 0.540. The first-order chi connectivity index (χ1) is 9.26. The lowest BCUT2D eigenvalue weighted by molar-refractivity contribution is -0.122. The Balaban J connectivity index is 2.18. The number of hydrogen-bond donors (Lipinski definition) is 1. The van der Waals surface area contributed by atoms with E-state index in [4.69, 9.17) is 20.8 Å². The van der Waals surface area contributed by atoms with Crippen molar-refractivity contribution < 1.29 is 13.9 Å². The zero-order chi connectivity index (χ0) is 13.7. The maximum absolute atomic E-state index is 11.4. The molecule has 5 nitrogen and oxygen atoms in total. The molecule has 0 aliphatic carbocycles. The van der Waals surface area contributed by atoms with E-state index in [9.17, 15) is 4.79 Å². The van der Waals surface area contributed by atoms with Crippen LogP contribution in [0.15, 0.2) is 28.7 Å². The number of carbonyl (C=O) groups excluding carboxylic acids is 1. The minimum absolute atomic E-state index is 0.0472. The van der Waals surface area contributed by atoms with E-state index in [0.29, 0.717) is 11.0 Å². The minimum Gasteiger partial charge on any atom is -0.478 e. The summed E-state index contributed by atoms with van der Waals surface area (Å²) in [4.78, 5) is 11.4. The highest BCUT2D eigenvalue weighted by atomic mass is 16.5. The molecule has 0 saturated carbocycles. The number of benzene rings is 1. The van der Waals surface area contributed by atoms with Crippen molar-refractivity contribution in [2.24, 2.45) is 0 Å². The second kappa shape index (κ2) is 5.61. The quantitative estimate of drug-likeness (QED) is 0.837. The first-order valence-corrected chi connectivity index (χ1v) is 5.51. The molecule has 94 valence electrons. The fourth-order valence-corrected chi connectivity index (χ4v) is 1.58. The number of amides is 1. The lowest BCUT2D eigenvalue weighted by Crippen LogP contribution is -2.29. The summed E-state index contributed by atoms with van der Waals surface area (Å²) in [5, 5.41) is 12.1. The van der Waals surface area contributed by atoms with Gasteiger partial charge in [0, 0.05) is 0 Å². The molecule has 0 saturated heterocycles. The first-order valence-electron chi connectivity index (χ1n) is 5.51. The number of hydrogen-bond acceptors (Lipinski definition) is 4. The molecule has 0 atom stereocenters. The number of para-hydroxylation sites is 1. The van der Waals surface area contributed by atoms with E-state index in [1.807, 2.05) is 6.07 Å². The Hall–Kier alpha value is -2.92. The molecular weight excluding hydrogens is 244 g/mol. The molecule has 1 amide bonds. The third-order valence-corrected chi connectivity index (χ3v) is 2.39. The molecule has 0 fully saturated rings. The van der Waals surface area contributed by atoms with Crippen molar-refractivity contribution in [3.63, 3.8) is 0 Å². The van der Waals surface area contributed by atoms with Crippen LogP contribution in [0.5, 0.6) is 5.75 Å². The van der Waals surface area contributed by atoms with E-state index in [1.54, 1.807) is 24.3 Å². The van der Waals surface area contributed by atoms with Gasteiger partial charge in [-0.3, -0.25) is 4.79 Å². The molecule has 2 rings (SSSR count). The Morgan fingerprint density at radius 2 is 2.26 bits per heavy atom. The average molecular weight is 254 g/mol. The Morgan fingerprint density at radius 1 is 1.47 bits per heavy atom. The molecule has 0 spiro atoms. The molecule has 0 unspecified atom stereocenters. The van der Waals surface area contributed by atoms with Crippen LogP contribution in [0.1, 0.15) is 5.76 Å². The summed E-state index contributed by atoms with van der Waals surface area (Å²) in [6.07, 6.45) is 5.02. The van der Waals surface area contributed by atoms with Gasteiger partial charge in [0.05, 0.1) is 11.9 Å². The standard InChI is InChI=1S/C14H10N2O3/c1-2-7-16-13(17)9-18-14-10-5-3-4-6-11(10)19-12(14)8-15/h1,3-6H,7,9H2,(H,16,17). The van der Waals surface area contributed by atoms with Gasteiger partial charge in [-0.05, 0) is 12.1 Å². The molecule has 0 radical (unpaired) electrons. The Morgan fingerprint density at radius 3 is 3.00 bits per heavy atom. The van der Waals surface area contributed by atoms with Crippen LogP contribution in [0.4, 0.5) is 0 Å². The predicted molar refractivity (Wildman–Crippen MR) is 68.3 cm³/mol. The Bertz CT molecular complexity index is 689. The van der Waals surface area contributed by atoms with E-state index >= 15 is 0 Å². The van der Waals surface area contributed by atoms with Gasteiger partial charge in [0.2, 0.25) is 5.76 Å². The summed E-state index contributed by atoms with van der Waals surface area (Å²) in [6, 6.07) is 8.96. The molecule has 5 heteroatoms. The van der Waals surface area contributed by atoms with Crippen LogP contribution in [0.3, 0.4) is 0 Å². The number of ether oxygens (including phenoxy) is 1. The first kappa shape index (κ1) is 12.5. The van der Waals surface area contributed by atoms with Crippen molar-refractivity contribution in [3.05, 3.63) is 30.0 Å². The van der Waals surface area contributed by atoms with E-state index in [2.05, 4.69) is 11.2 Å². The fraction of sp³-hybridized carbons (Fsp3) is 0.143. The van der Waals surface area contributed by atoms with E-state index < -0.39 is 0 Å². The van der Waals surface area contributed by atoms with Gasteiger partial charge in [0.25, 0.3) is 5.91 Å². The van der Waals surface area contributed by atoms with E-state index in [1.165, 1.54) is 0 Å². The molecule has 2 aromatic rings. The maximum atomic E-state index is 11.4. The number of fused-ring (bicyclic) bond motifs is 1. The van der Waals surface area contributed by atoms with Crippen molar-refractivity contribution in [1.29, 1.82) is 5.26 Å². The third-order valence-electron chi connectivity index (χ3n) is 2.39. The van der Waals surface area contributed by atoms with Crippen LogP contribution in [0, 0.1) is 23.7 Å². The smallest absolute Gasteiger partial charge is 0.258 e. The normalized spacial score (nSPS) is 9.58. The lowest BCUT2D eigenvalue weighted by atomic mass is 10.2. The third kappa shape index (κ3) is 2.67. The SMILES string of the molecule is C#CCNC(=O)COc1c(C#N)oc2ccccc12. The Labute approximate surface area is 109 Å². The van der Waals surface area contributed by atoms with Gasteiger partial charge >= 0.3 is 0 Å². The van der Waals surface area contributed by atoms with Gasteiger partial charge in [0.15, 0.2) is 12.4 Å². The van der Waals surface area contributed by atoms with Crippen LogP contribution >= 0.6 is 0 Å². The highest BCUT2D eigenvalue weighted by Gasteiger charge is 2.15. The average Bonchev–Trinajstić information content (AvgIpc) is 2.80. The summed E-state index contributed by atoms with van der Waals surface area (Å²) in [6.45, 7) is -0.0840. The van der Waals surface area contributed by atoms with Gasteiger partial charge in [-0.15, -0.1) is 6.42 Å². The number of nitrogens with zero attached hydrogens (tertiary/aromatic N) is 1. The summed E-state index contributed by atoms with van der Waals surface area (Å²) in [7, 11) is 0. The van der Waals surface area contributed by atoms with Gasteiger partial charge in [-0.25, -0.2) is 0 Å². The number of rotatable bonds is 4. The maximum Gasteiger partial charge on any atom is 0.258 e. The molecule has 19 heavy (non-hydrogen) atoms. The molecule has 1 aromatic heterocycles. The van der Waals surface area contributed by atoms with Crippen molar-refractivity contribution in [3.8, 4) is 24.2 Å². The number of furan rings is 1. The topological polar surface area (TPSA) is 75.3 Å². The molecular formula is C14H10N2O3. The van der Waals surface area contributed by atoms with Gasteiger partial charge in [-0.2, -0.15) is 5.26 Å². The van der Waals surface area contributed by atoms with Crippen LogP contribution in [0.2, 0.25) is 0 Å². The van der Waals surface area contributed by atoms with Crippen molar-refractivity contribution in [2.45, 2.75) is 0 Å². The molecule has 0 aliphatic heterocycles. The molecule has 0 bridgehead atoms. The highest BCUT2D eigenvalue weighted by Crippen LogP contribution is 2.32. The molecule has 0 aliphatic rings. The summed E-state index contributed by atoms with van der Waals surface area (Å²) in [5.74, 6) is 2.25. The van der Waals surface area contributed by atoms with E-state index in [0.717, 1.165) is 0 Å². The second-order valence-electron chi connectivity index (χ2n) is 3.64. The zero-order valence-corrected chi connectivity index (χ0v) is 9.97. The number of carbonyl (C=O) groups is 1. The lowest BCUT2D eigenvalue weighted by Gasteiger charge is -2.04. The van der Waals surface area contributed by atoms with Crippen molar-refractivity contribution >= 4 is 16.9 Å². The molecule has 1 heterocycles. The fourth-order valence-electron chi connectivity index (χ4n) is 1.58. The van der Waals surface area contributed by atoms with Crippen LogP contribution in [0.25, 0.3) is 11.0 Å². The van der Waals surface area contributed by atoms with E-state index in [-0.39, 0.29) is 30.6 Å². The monoisotopic (exact) mass is 254 g/mol. The number of nitriles is 1. The largest absolute Gasteiger partial charge is 0.478 e. The predicted octanol–water partition coefficient (Wildman–Crippen LogP) is 1.43. The summed E-state index contributed by atoms with van der Waals surface area (Å²) < 4.78 is 10.7. The number of terminal acetylenes is 1. The number of nitrogens with one attached hydrogen (secondary N) is 1. The molecule has 1 aromatic carbocycles. The van der Waals surface area contributed by atoms with Crippen molar-refractivity contribution in [2.75, 3.05) is 13.2 Å². The summed E-state index contributed by atoms with van der Waals surface area (Å²) >= 11 is 0. The van der Waals surface area contributed by atoms with Crippen LogP contribution in [-0.2, 0) is 4.79 Å². The van der Waals surface area contributed by atoms with Crippen LogP contribution in [-0.4, -0.2) is 19.1 Å². The van der Waals surface area contributed by atoms with Crippen LogP contribution < -0.4 is 10.1 Å². The van der Waals surface area contributed by atoms with Gasteiger partial charge < -0.3 is 14.5 Å². The molecule has 1 N–H and O–H groups in total. The second-order valence-corrected chi connectivity index (χ2v) is 3.64. The van der Waals surface area contributed by atoms with Crippen molar-refractivity contribution in [1.82, 2.24) is 5.32 Å². The zero-order valence-electron chi connectivity index (χ0n) is 9.97. The highest BCUT2D eigenvalue weighted by molar-refractivity contribution is 5.87.